The van der Waals surface area contributed by atoms with Crippen molar-refractivity contribution in [1.29, 1.82) is 0 Å². The zero-order valence-electron chi connectivity index (χ0n) is 13.3. The highest BCUT2D eigenvalue weighted by Gasteiger charge is 2.26. The van der Waals surface area contributed by atoms with Crippen LogP contribution in [0.5, 0.6) is 0 Å². The standard InChI is InChI=1S/C14H25N5OS/c1-5-18-6-8-19(9-7-18)12(20)10-11(15)16-13(21-10)17-14(2,3)4/h5-9,15H2,1-4H3,(H,16,17). The van der Waals surface area contributed by atoms with Crippen LogP contribution in [0, 0.1) is 0 Å². The van der Waals surface area contributed by atoms with Crippen LogP contribution in [0.2, 0.25) is 0 Å². The van der Waals surface area contributed by atoms with Gasteiger partial charge >= 0.3 is 0 Å². The highest BCUT2D eigenvalue weighted by Crippen LogP contribution is 2.28. The van der Waals surface area contributed by atoms with Gasteiger partial charge in [-0.2, -0.15) is 0 Å². The van der Waals surface area contributed by atoms with E-state index in [2.05, 4.69) is 42.9 Å². The van der Waals surface area contributed by atoms with Gasteiger partial charge in [0.2, 0.25) is 0 Å². The Bertz CT molecular complexity index is 500. The van der Waals surface area contributed by atoms with Crippen molar-refractivity contribution in [3.05, 3.63) is 4.88 Å². The first-order valence-electron chi connectivity index (χ1n) is 7.36. The maximum Gasteiger partial charge on any atom is 0.267 e. The molecule has 1 amide bonds. The first kappa shape index (κ1) is 16.0. The number of anilines is 2. The third-order valence-electron chi connectivity index (χ3n) is 3.44. The van der Waals surface area contributed by atoms with Crippen LogP contribution in [0.4, 0.5) is 10.9 Å². The number of carbonyl (C=O) groups is 1. The fourth-order valence-electron chi connectivity index (χ4n) is 2.27. The Kier molecular flexibility index (Phi) is 4.73. The summed E-state index contributed by atoms with van der Waals surface area (Å²) in [6.07, 6.45) is 0. The number of thiazole rings is 1. The zero-order valence-corrected chi connectivity index (χ0v) is 14.1. The number of amides is 1. The Labute approximate surface area is 130 Å². The lowest BCUT2D eigenvalue weighted by Crippen LogP contribution is -2.48. The van der Waals surface area contributed by atoms with Crippen molar-refractivity contribution in [2.45, 2.75) is 33.2 Å². The third kappa shape index (κ3) is 4.07. The van der Waals surface area contributed by atoms with Gasteiger partial charge < -0.3 is 20.9 Å². The molecule has 2 heterocycles. The Morgan fingerprint density at radius 3 is 2.48 bits per heavy atom. The normalized spacial score (nSPS) is 17.0. The van der Waals surface area contributed by atoms with Crippen molar-refractivity contribution >= 4 is 28.2 Å². The van der Waals surface area contributed by atoms with Crippen molar-refractivity contribution < 1.29 is 4.79 Å². The fraction of sp³-hybridized carbons (Fsp3) is 0.714. The molecule has 7 heteroatoms. The molecule has 1 aliphatic heterocycles. The second-order valence-corrected chi connectivity index (χ2v) is 7.33. The number of nitrogen functional groups attached to an aromatic ring is 1. The van der Waals surface area contributed by atoms with Crippen LogP contribution in [0.1, 0.15) is 37.4 Å². The summed E-state index contributed by atoms with van der Waals surface area (Å²) in [5.41, 5.74) is 5.82. The van der Waals surface area contributed by atoms with E-state index in [0.717, 1.165) is 32.7 Å². The summed E-state index contributed by atoms with van der Waals surface area (Å²) in [4.78, 5) is 21.6. The lowest BCUT2D eigenvalue weighted by atomic mass is 10.1. The summed E-state index contributed by atoms with van der Waals surface area (Å²) in [5, 5.41) is 3.97. The van der Waals surface area contributed by atoms with Crippen molar-refractivity contribution in [2.24, 2.45) is 0 Å². The number of piperazine rings is 1. The van der Waals surface area contributed by atoms with Crippen LogP contribution >= 0.6 is 11.3 Å². The molecule has 1 aromatic rings. The molecule has 0 unspecified atom stereocenters. The Hall–Kier alpha value is -1.34. The van der Waals surface area contributed by atoms with Gasteiger partial charge in [-0.15, -0.1) is 0 Å². The minimum Gasteiger partial charge on any atom is -0.382 e. The number of nitrogens with zero attached hydrogens (tertiary/aromatic N) is 3. The molecule has 21 heavy (non-hydrogen) atoms. The van der Waals surface area contributed by atoms with E-state index in [-0.39, 0.29) is 11.4 Å². The summed E-state index contributed by atoms with van der Waals surface area (Å²) in [6.45, 7) is 12.7. The van der Waals surface area contributed by atoms with Crippen molar-refractivity contribution in [1.82, 2.24) is 14.8 Å². The first-order valence-corrected chi connectivity index (χ1v) is 8.18. The summed E-state index contributed by atoms with van der Waals surface area (Å²) < 4.78 is 0. The van der Waals surface area contributed by atoms with Gasteiger partial charge in [-0.1, -0.05) is 18.3 Å². The Morgan fingerprint density at radius 1 is 1.33 bits per heavy atom. The number of nitrogens with one attached hydrogen (secondary N) is 1. The molecule has 2 rings (SSSR count). The van der Waals surface area contributed by atoms with Crippen molar-refractivity contribution in [3.63, 3.8) is 0 Å². The molecule has 1 aliphatic rings. The van der Waals surface area contributed by atoms with Crippen LogP contribution in [-0.2, 0) is 0 Å². The largest absolute Gasteiger partial charge is 0.382 e. The minimum atomic E-state index is -0.0998. The molecular weight excluding hydrogens is 286 g/mol. The number of aromatic nitrogens is 1. The smallest absolute Gasteiger partial charge is 0.267 e. The lowest BCUT2D eigenvalue weighted by Gasteiger charge is -2.33. The van der Waals surface area contributed by atoms with Gasteiger partial charge in [0.1, 0.15) is 10.7 Å². The van der Waals surface area contributed by atoms with Crippen LogP contribution in [0.3, 0.4) is 0 Å². The number of rotatable bonds is 3. The highest BCUT2D eigenvalue weighted by atomic mass is 32.1. The van der Waals surface area contributed by atoms with Gasteiger partial charge in [-0.25, -0.2) is 4.98 Å². The number of hydrogen-bond donors (Lipinski definition) is 2. The molecule has 118 valence electrons. The minimum absolute atomic E-state index is 0.00251. The molecule has 0 atom stereocenters. The molecule has 1 fully saturated rings. The van der Waals surface area contributed by atoms with Crippen LogP contribution in [-0.4, -0.2) is 59.0 Å². The average Bonchev–Trinajstić information content (AvgIpc) is 2.76. The summed E-state index contributed by atoms with van der Waals surface area (Å²) in [6, 6.07) is 0. The van der Waals surface area contributed by atoms with Gasteiger partial charge in [0.25, 0.3) is 5.91 Å². The van der Waals surface area contributed by atoms with Gasteiger partial charge in [0, 0.05) is 31.7 Å². The predicted octanol–water partition coefficient (Wildman–Crippen LogP) is 1.71. The maximum absolute atomic E-state index is 12.6. The van der Waals surface area contributed by atoms with E-state index < -0.39 is 0 Å². The second-order valence-electron chi connectivity index (χ2n) is 6.33. The zero-order chi connectivity index (χ0) is 15.6. The quantitative estimate of drug-likeness (QED) is 0.889. The van der Waals surface area contributed by atoms with Crippen LogP contribution in [0.25, 0.3) is 0 Å². The number of hydrogen-bond acceptors (Lipinski definition) is 6. The van der Waals surface area contributed by atoms with Gasteiger partial charge in [-0.3, -0.25) is 4.79 Å². The molecule has 0 spiro atoms. The Balaban J connectivity index is 2.06. The lowest BCUT2D eigenvalue weighted by molar-refractivity contribution is 0.0649. The molecule has 0 aliphatic carbocycles. The van der Waals surface area contributed by atoms with Gasteiger partial charge in [-0.05, 0) is 27.3 Å². The highest BCUT2D eigenvalue weighted by molar-refractivity contribution is 7.18. The number of nitrogens with two attached hydrogens (primary N) is 1. The van der Waals surface area contributed by atoms with E-state index in [1.807, 2.05) is 4.90 Å². The number of carbonyl (C=O) groups excluding carboxylic acids is 1. The first-order chi connectivity index (χ1) is 9.80. The van der Waals surface area contributed by atoms with Gasteiger partial charge in [0.05, 0.1) is 0 Å². The molecule has 0 bridgehead atoms. The number of likely N-dealkylation sites (N-methyl/N-ethyl adjacent to an activating group) is 1. The monoisotopic (exact) mass is 311 g/mol. The third-order valence-corrected chi connectivity index (χ3v) is 4.41. The Morgan fingerprint density at radius 2 is 1.95 bits per heavy atom. The molecule has 0 aromatic carbocycles. The molecule has 3 N–H and O–H groups in total. The second kappa shape index (κ2) is 6.19. The summed E-state index contributed by atoms with van der Waals surface area (Å²) in [5.74, 6) is 0.331. The molecular formula is C14H25N5OS. The van der Waals surface area contributed by atoms with E-state index in [1.165, 1.54) is 11.3 Å². The van der Waals surface area contributed by atoms with E-state index >= 15 is 0 Å². The molecule has 0 radical (unpaired) electrons. The molecule has 0 saturated carbocycles. The van der Waals surface area contributed by atoms with E-state index in [4.69, 9.17) is 5.73 Å². The topological polar surface area (TPSA) is 74.5 Å². The average molecular weight is 311 g/mol. The maximum atomic E-state index is 12.6. The molecule has 1 saturated heterocycles. The summed E-state index contributed by atoms with van der Waals surface area (Å²) in [7, 11) is 0. The fourth-order valence-corrected chi connectivity index (χ4v) is 3.33. The van der Waals surface area contributed by atoms with Crippen LogP contribution < -0.4 is 11.1 Å². The predicted molar refractivity (Wildman–Crippen MR) is 87.9 cm³/mol. The van der Waals surface area contributed by atoms with E-state index in [1.54, 1.807) is 0 Å². The van der Waals surface area contributed by atoms with Gasteiger partial charge in [0.15, 0.2) is 5.13 Å². The molecule has 6 nitrogen and oxygen atoms in total. The molecule has 1 aromatic heterocycles. The van der Waals surface area contributed by atoms with E-state index in [0.29, 0.717) is 15.8 Å². The van der Waals surface area contributed by atoms with Crippen molar-refractivity contribution in [2.75, 3.05) is 43.8 Å². The SMILES string of the molecule is CCN1CCN(C(=O)c2sc(NC(C)(C)C)nc2N)CC1. The summed E-state index contributed by atoms with van der Waals surface area (Å²) >= 11 is 1.34. The van der Waals surface area contributed by atoms with Crippen LogP contribution in [0.15, 0.2) is 0 Å². The van der Waals surface area contributed by atoms with Crippen molar-refractivity contribution in [3.8, 4) is 0 Å². The van der Waals surface area contributed by atoms with E-state index in [9.17, 15) is 4.79 Å².